The third-order valence-electron chi connectivity index (χ3n) is 18.2. The first kappa shape index (κ1) is 66.8. The van der Waals surface area contributed by atoms with Crippen molar-refractivity contribution in [3.63, 3.8) is 0 Å². The first-order valence-corrected chi connectivity index (χ1v) is 33.2. The number of nitrogens with zero attached hydrogens (tertiary/aromatic N) is 21. The number of hydrogen-bond acceptors (Lipinski definition) is 18. The quantitative estimate of drug-likeness (QED) is 0.0676. The Hall–Kier alpha value is -12.4. The van der Waals surface area contributed by atoms with Gasteiger partial charge < -0.3 is 59.4 Å². The lowest BCUT2D eigenvalue weighted by molar-refractivity contribution is 0.0657. The molecule has 31 heteroatoms. The number of amides is 1. The van der Waals surface area contributed by atoms with Crippen molar-refractivity contribution in [1.29, 1.82) is 0 Å². The minimum Gasteiger partial charge on any atom is -0.493 e. The zero-order chi connectivity index (χ0) is 70.7. The number of nitrogens with one attached hydrogen (secondary N) is 3. The minimum atomic E-state index is -0.311. The van der Waals surface area contributed by atoms with Gasteiger partial charge in [-0.2, -0.15) is 15.3 Å². The molecule has 3 aromatic carbocycles. The number of piperazine rings is 1. The molecule has 1 saturated heterocycles. The maximum atomic E-state index is 14.7. The van der Waals surface area contributed by atoms with E-state index in [1.54, 1.807) is 98.8 Å². The lowest BCUT2D eigenvalue weighted by Crippen LogP contribution is -2.47. The van der Waals surface area contributed by atoms with Crippen LogP contribution in [0.4, 0.5) is 48.5 Å². The second-order valence-electron chi connectivity index (χ2n) is 24.9. The van der Waals surface area contributed by atoms with E-state index in [-0.39, 0.29) is 60.4 Å². The van der Waals surface area contributed by atoms with Gasteiger partial charge in [-0.1, -0.05) is 41.6 Å². The molecule has 4 aliphatic heterocycles. The number of hydrogen-bond donors (Lipinski definition) is 3. The summed E-state index contributed by atoms with van der Waals surface area (Å²) in [4.78, 5) is 56.8. The van der Waals surface area contributed by atoms with E-state index in [1.165, 1.54) is 18.2 Å². The maximum Gasteiger partial charge on any atom is 0.288 e. The SMILES string of the molecule is [C-]#[N+]c1cn2c(NCc3c(F)ccc4c3CCO4)ncc(-c3cc(C(=O)N4CCN(C)CC4)nn3C)c2n1.[C-]#[N+]c1cn2c(NCc3c(F)ccc4c3CCO4)ncc(-c3ccnn3CCC)c2n1.[C-]#[N+]c1cn2c(NCc3c(F)ccc4c3CCO4)ncc(-c3ccnn3CCN(C)C)c2n1. The number of imidazole rings is 3. The Kier molecular flexibility index (Phi) is 18.9. The van der Waals surface area contributed by atoms with Crippen LogP contribution >= 0.6 is 0 Å². The van der Waals surface area contributed by atoms with Gasteiger partial charge in [0.2, 0.25) is 34.8 Å². The predicted octanol–water partition coefficient (Wildman–Crippen LogP) is 10.4. The largest absolute Gasteiger partial charge is 0.493 e. The zero-order valence-corrected chi connectivity index (χ0v) is 56.5. The molecule has 4 aliphatic rings. The molecular weight excluding hydrogens is 1310 g/mol. The summed E-state index contributed by atoms with van der Waals surface area (Å²) >= 11 is 0. The van der Waals surface area contributed by atoms with Crippen molar-refractivity contribution >= 4 is 58.1 Å². The van der Waals surface area contributed by atoms with Crippen LogP contribution in [0.25, 0.3) is 65.2 Å². The highest BCUT2D eigenvalue weighted by Gasteiger charge is 2.29. The van der Waals surface area contributed by atoms with E-state index in [0.717, 1.165) is 83.3 Å². The average molecular weight is 1380 g/mol. The molecule has 0 radical (unpaired) electrons. The second kappa shape index (κ2) is 28.8. The second-order valence-corrected chi connectivity index (χ2v) is 24.9. The Labute approximate surface area is 583 Å². The zero-order valence-electron chi connectivity index (χ0n) is 56.5. The number of carbonyl (C=O) groups excluding carboxylic acids is 1. The fourth-order valence-corrected chi connectivity index (χ4v) is 13.0. The number of rotatable bonds is 18. The molecule has 3 N–H and O–H groups in total. The van der Waals surface area contributed by atoms with E-state index in [9.17, 15) is 18.0 Å². The average Bonchev–Trinajstić information content (AvgIpc) is 1.63. The number of halogens is 3. The van der Waals surface area contributed by atoms with Gasteiger partial charge >= 0.3 is 0 Å². The van der Waals surface area contributed by atoms with Gasteiger partial charge in [-0.25, -0.2) is 28.1 Å². The van der Waals surface area contributed by atoms with Gasteiger partial charge in [-0.3, -0.25) is 32.0 Å². The summed E-state index contributed by atoms with van der Waals surface area (Å²) in [6.07, 6.45) is 16.4. The van der Waals surface area contributed by atoms with Crippen LogP contribution in [-0.4, -0.2) is 167 Å². The number of carbonyl (C=O) groups is 1. The molecule has 518 valence electrons. The van der Waals surface area contributed by atoms with Crippen LogP contribution in [0.15, 0.2) is 104 Å². The highest BCUT2D eigenvalue weighted by molar-refractivity contribution is 5.94. The minimum absolute atomic E-state index is 0.117. The lowest BCUT2D eigenvalue weighted by Gasteiger charge is -2.31. The summed E-state index contributed by atoms with van der Waals surface area (Å²) in [6, 6.07) is 14.8. The number of fused-ring (bicyclic) bond motifs is 6. The molecule has 0 aliphatic carbocycles. The van der Waals surface area contributed by atoms with Crippen molar-refractivity contribution in [2.75, 3.05) is 89.6 Å². The Morgan fingerprint density at radius 1 is 0.559 bits per heavy atom. The Balaban J connectivity index is 0.000000130. The molecule has 0 unspecified atom stereocenters. The van der Waals surface area contributed by atoms with Crippen molar-refractivity contribution in [3.05, 3.63) is 195 Å². The van der Waals surface area contributed by atoms with E-state index >= 15 is 0 Å². The van der Waals surface area contributed by atoms with Crippen LogP contribution in [0.2, 0.25) is 0 Å². The third kappa shape index (κ3) is 13.3. The fraction of sp³-hybridized carbons (Fsp3) is 0.310. The first-order valence-electron chi connectivity index (χ1n) is 33.2. The van der Waals surface area contributed by atoms with Crippen LogP contribution in [0, 0.1) is 37.2 Å². The van der Waals surface area contributed by atoms with Crippen molar-refractivity contribution in [2.24, 2.45) is 7.05 Å². The fourth-order valence-electron chi connectivity index (χ4n) is 13.0. The van der Waals surface area contributed by atoms with Gasteiger partial charge in [-0.15, -0.1) is 0 Å². The monoisotopic (exact) mass is 1380 g/mol. The highest BCUT2D eigenvalue weighted by Crippen LogP contribution is 2.37. The number of aryl methyl sites for hydroxylation is 2. The normalized spacial score (nSPS) is 13.6. The van der Waals surface area contributed by atoms with E-state index in [0.29, 0.717) is 133 Å². The van der Waals surface area contributed by atoms with Crippen molar-refractivity contribution in [2.45, 2.75) is 65.3 Å². The molecule has 28 nitrogen and oxygen atoms in total. The van der Waals surface area contributed by atoms with Gasteiger partial charge in [0.1, 0.15) is 34.7 Å². The number of benzene rings is 3. The number of anilines is 3. The molecule has 0 saturated carbocycles. The standard InChI is InChI=1S/C26H26FN9O2.C23H23FN8O.C22H20FN7O/c1-28-23-15-36-24(31-23)18(21-12-20(32-34(21)3)25(37)35-9-7-33(2)8-10-35)14-30-26(36)29-13-17-16-6-11-38-22(16)5-4-19(17)27;1-25-21-14-31-22(29-21)17(19-6-8-28-32(19)10-9-30(2)3)13-27-23(31)26-12-16-15-7-11-33-20(15)5-4-18(16)24;1-3-9-30-18(6-8-27-30)16-12-26-22(29-13-20(24-2)28-21(16)29)25-11-15-14-7-10-31-19(14)5-4-17(15)23/h4-5,12,14-15H,6-11,13H2,2-3H3,(H,29,30);4-6,8,13-14H,7,9-12H2,2-3H3,(H,26,27);4-6,8,12-13H,3,7,9-11H2,1H3,(H,25,26). The number of ether oxygens (including phenoxy) is 3. The number of likely N-dealkylation sites (N-methyl/N-ethyl adjacent to an activating group) is 2. The van der Waals surface area contributed by atoms with Crippen molar-refractivity contribution < 1.29 is 32.2 Å². The summed E-state index contributed by atoms with van der Waals surface area (Å²) < 4.78 is 71.0. The Bertz CT molecular complexity index is 5310. The van der Waals surface area contributed by atoms with Crippen LogP contribution in [0.5, 0.6) is 17.2 Å². The molecule has 9 aromatic heterocycles. The van der Waals surface area contributed by atoms with E-state index in [2.05, 4.69) is 92.4 Å². The molecule has 102 heavy (non-hydrogen) atoms. The van der Waals surface area contributed by atoms with Crippen LogP contribution in [0.3, 0.4) is 0 Å². The summed E-state index contributed by atoms with van der Waals surface area (Å²) in [6.45, 7) is 31.9. The molecule has 0 atom stereocenters. The molecular formula is C71H69F3N24O4. The molecule has 1 amide bonds. The van der Waals surface area contributed by atoms with Gasteiger partial charge in [0.05, 0.1) is 60.1 Å². The van der Waals surface area contributed by atoms with Gasteiger partial charge in [-0.05, 0) is 82.2 Å². The van der Waals surface area contributed by atoms with Crippen LogP contribution in [0.1, 0.15) is 57.2 Å². The number of aromatic nitrogens is 15. The lowest BCUT2D eigenvalue weighted by atomic mass is 10.0. The summed E-state index contributed by atoms with van der Waals surface area (Å²) in [7, 11) is 7.82. The van der Waals surface area contributed by atoms with Crippen LogP contribution in [-0.2, 0) is 59.0 Å². The van der Waals surface area contributed by atoms with Gasteiger partial charge in [0.25, 0.3) is 23.4 Å². The first-order chi connectivity index (χ1) is 49.7. The third-order valence-corrected chi connectivity index (χ3v) is 18.2. The molecule has 13 heterocycles. The van der Waals surface area contributed by atoms with Crippen LogP contribution < -0.4 is 30.2 Å². The predicted molar refractivity (Wildman–Crippen MR) is 373 cm³/mol. The topological polar surface area (TPSA) is 248 Å². The van der Waals surface area contributed by atoms with E-state index in [1.807, 2.05) is 47.5 Å². The highest BCUT2D eigenvalue weighted by atomic mass is 19.1. The maximum absolute atomic E-state index is 14.7. The van der Waals surface area contributed by atoms with E-state index in [4.69, 9.17) is 33.9 Å². The van der Waals surface area contributed by atoms with Gasteiger partial charge in [0, 0.05) is 168 Å². The molecule has 0 bridgehead atoms. The Morgan fingerprint density at radius 3 is 1.35 bits per heavy atom. The van der Waals surface area contributed by atoms with Crippen molar-refractivity contribution in [1.82, 2.24) is 87.1 Å². The smallest absolute Gasteiger partial charge is 0.288 e. The summed E-state index contributed by atoms with van der Waals surface area (Å²) in [5.41, 5.74) is 10.9. The van der Waals surface area contributed by atoms with Gasteiger partial charge in [0.15, 0.2) is 5.69 Å². The Morgan fingerprint density at radius 2 is 0.961 bits per heavy atom. The molecule has 16 rings (SSSR count). The molecule has 1 fully saturated rings. The van der Waals surface area contributed by atoms with E-state index < -0.39 is 0 Å². The molecule has 12 aromatic rings. The molecule has 0 spiro atoms. The summed E-state index contributed by atoms with van der Waals surface area (Å²) in [5, 5.41) is 22.9. The van der Waals surface area contributed by atoms with Crippen molar-refractivity contribution in [3.8, 4) is 51.0 Å². The summed E-state index contributed by atoms with van der Waals surface area (Å²) in [5.74, 6) is 3.26.